The van der Waals surface area contributed by atoms with E-state index in [4.69, 9.17) is 15.1 Å². The molecule has 1 rings (SSSR count). The number of aliphatic carboxylic acids is 1. The van der Waals surface area contributed by atoms with Gasteiger partial charge in [0.25, 0.3) is 5.91 Å². The van der Waals surface area contributed by atoms with E-state index in [0.717, 1.165) is 0 Å². The number of carboxylic acid groups (broad SMARTS) is 1. The number of rotatable bonds is 8. The van der Waals surface area contributed by atoms with Crippen LogP contribution in [0, 0.1) is 11.3 Å². The monoisotopic (exact) mass is 290 g/mol. The van der Waals surface area contributed by atoms with Crippen LogP contribution in [0.5, 0.6) is 5.75 Å². The summed E-state index contributed by atoms with van der Waals surface area (Å²) in [5, 5.41) is 19.9. The van der Waals surface area contributed by atoms with Gasteiger partial charge >= 0.3 is 5.97 Å². The van der Waals surface area contributed by atoms with Crippen LogP contribution in [0.2, 0.25) is 0 Å². The molecular weight excluding hydrogens is 272 g/mol. The van der Waals surface area contributed by atoms with Gasteiger partial charge < -0.3 is 15.2 Å². The highest BCUT2D eigenvalue weighted by Gasteiger charge is 2.09. The number of carbonyl (C=O) groups is 2. The van der Waals surface area contributed by atoms with E-state index in [1.807, 2.05) is 13.0 Å². The van der Waals surface area contributed by atoms with Crippen LogP contribution in [0.4, 0.5) is 0 Å². The molecular formula is C15H18N2O4. The van der Waals surface area contributed by atoms with Crippen LogP contribution < -0.4 is 10.1 Å². The molecule has 0 aliphatic rings. The molecule has 0 saturated carbocycles. The first-order valence-corrected chi connectivity index (χ1v) is 6.65. The minimum absolute atomic E-state index is 0.0959. The summed E-state index contributed by atoms with van der Waals surface area (Å²) < 4.78 is 5.30. The van der Waals surface area contributed by atoms with E-state index in [2.05, 4.69) is 5.32 Å². The Morgan fingerprint density at radius 2 is 2.05 bits per heavy atom. The molecule has 0 heterocycles. The van der Waals surface area contributed by atoms with Gasteiger partial charge in [0.1, 0.15) is 5.75 Å². The number of hydrogen-bond donors (Lipinski definition) is 2. The number of nitrogens with zero attached hydrogens (tertiary/aromatic N) is 1. The van der Waals surface area contributed by atoms with Crippen molar-refractivity contribution in [1.82, 2.24) is 5.32 Å². The SMILES string of the molecule is CC(CCCC(=O)O)NC(=O)COc1ccc(C#N)cc1. The second-order valence-electron chi connectivity index (χ2n) is 4.68. The topological polar surface area (TPSA) is 99.4 Å². The highest BCUT2D eigenvalue weighted by atomic mass is 16.5. The van der Waals surface area contributed by atoms with Crippen molar-refractivity contribution < 1.29 is 19.4 Å². The zero-order chi connectivity index (χ0) is 15.7. The first-order valence-electron chi connectivity index (χ1n) is 6.65. The highest BCUT2D eigenvalue weighted by molar-refractivity contribution is 5.77. The number of ether oxygens (including phenoxy) is 1. The number of hydrogen-bond acceptors (Lipinski definition) is 4. The molecule has 1 amide bonds. The maximum atomic E-state index is 11.6. The van der Waals surface area contributed by atoms with Crippen molar-refractivity contribution in [3.8, 4) is 11.8 Å². The molecule has 0 fully saturated rings. The Morgan fingerprint density at radius 1 is 1.38 bits per heavy atom. The summed E-state index contributed by atoms with van der Waals surface area (Å²) >= 11 is 0. The van der Waals surface area contributed by atoms with E-state index < -0.39 is 5.97 Å². The van der Waals surface area contributed by atoms with Crippen molar-refractivity contribution in [2.45, 2.75) is 32.2 Å². The minimum atomic E-state index is -0.835. The number of nitrogens with one attached hydrogen (secondary N) is 1. The van der Waals surface area contributed by atoms with Crippen molar-refractivity contribution in [3.05, 3.63) is 29.8 Å². The molecule has 0 radical (unpaired) electrons. The maximum Gasteiger partial charge on any atom is 0.303 e. The molecule has 0 bridgehead atoms. The third-order valence-corrected chi connectivity index (χ3v) is 2.79. The minimum Gasteiger partial charge on any atom is -0.484 e. The lowest BCUT2D eigenvalue weighted by atomic mass is 10.1. The Kier molecular flexibility index (Phi) is 6.75. The molecule has 6 heteroatoms. The fourth-order valence-corrected chi connectivity index (χ4v) is 1.72. The summed E-state index contributed by atoms with van der Waals surface area (Å²) in [6.45, 7) is 1.70. The van der Waals surface area contributed by atoms with Crippen LogP contribution in [-0.4, -0.2) is 29.6 Å². The molecule has 0 aliphatic carbocycles. The third kappa shape index (κ3) is 6.97. The summed E-state index contributed by atoms with van der Waals surface area (Å²) in [6, 6.07) is 8.38. The van der Waals surface area contributed by atoms with Crippen LogP contribution in [-0.2, 0) is 9.59 Å². The molecule has 1 atom stereocenters. The third-order valence-electron chi connectivity index (χ3n) is 2.79. The zero-order valence-electron chi connectivity index (χ0n) is 11.8. The molecule has 21 heavy (non-hydrogen) atoms. The molecule has 0 aliphatic heterocycles. The molecule has 6 nitrogen and oxygen atoms in total. The van der Waals surface area contributed by atoms with Crippen LogP contribution in [0.1, 0.15) is 31.7 Å². The van der Waals surface area contributed by atoms with Gasteiger partial charge in [0, 0.05) is 12.5 Å². The van der Waals surface area contributed by atoms with E-state index in [0.29, 0.717) is 24.2 Å². The second kappa shape index (κ2) is 8.59. The molecule has 2 N–H and O–H groups in total. The summed E-state index contributed by atoms with van der Waals surface area (Å²) in [6.07, 6.45) is 1.23. The first-order chi connectivity index (χ1) is 10.0. The van der Waals surface area contributed by atoms with E-state index >= 15 is 0 Å². The number of carbonyl (C=O) groups excluding carboxylic acids is 1. The number of carboxylic acids is 1. The average Bonchev–Trinajstić information content (AvgIpc) is 2.45. The van der Waals surface area contributed by atoms with Crippen LogP contribution in [0.15, 0.2) is 24.3 Å². The molecule has 0 spiro atoms. The Hall–Kier alpha value is -2.55. The predicted molar refractivity (Wildman–Crippen MR) is 75.7 cm³/mol. The summed E-state index contributed by atoms with van der Waals surface area (Å²) in [7, 11) is 0. The average molecular weight is 290 g/mol. The lowest BCUT2D eigenvalue weighted by molar-refractivity contribution is -0.137. The quantitative estimate of drug-likeness (QED) is 0.759. The van der Waals surface area contributed by atoms with Gasteiger partial charge in [0.15, 0.2) is 6.61 Å². The largest absolute Gasteiger partial charge is 0.484 e. The van der Waals surface area contributed by atoms with Gasteiger partial charge in [0.05, 0.1) is 11.6 Å². The fourth-order valence-electron chi connectivity index (χ4n) is 1.72. The first kappa shape index (κ1) is 16.5. The predicted octanol–water partition coefficient (Wildman–Crippen LogP) is 1.70. The van der Waals surface area contributed by atoms with E-state index in [1.54, 1.807) is 24.3 Å². The lowest BCUT2D eigenvalue weighted by Crippen LogP contribution is -2.36. The molecule has 0 saturated heterocycles. The standard InChI is InChI=1S/C15H18N2O4/c1-11(3-2-4-15(19)20)17-14(18)10-21-13-7-5-12(9-16)6-8-13/h5-8,11H,2-4,10H2,1H3,(H,17,18)(H,19,20). The smallest absolute Gasteiger partial charge is 0.303 e. The molecule has 1 unspecified atom stereocenters. The van der Waals surface area contributed by atoms with Crippen molar-refractivity contribution in [2.75, 3.05) is 6.61 Å². The Balaban J connectivity index is 2.26. The molecule has 1 aromatic rings. The Morgan fingerprint density at radius 3 is 2.62 bits per heavy atom. The van der Waals surface area contributed by atoms with Gasteiger partial charge in [-0.3, -0.25) is 9.59 Å². The van der Waals surface area contributed by atoms with Gasteiger partial charge in [-0.25, -0.2) is 0 Å². The number of amides is 1. The van der Waals surface area contributed by atoms with E-state index in [-0.39, 0.29) is 25.0 Å². The maximum absolute atomic E-state index is 11.6. The van der Waals surface area contributed by atoms with Gasteiger partial charge in [-0.05, 0) is 44.0 Å². The number of nitriles is 1. The van der Waals surface area contributed by atoms with E-state index in [9.17, 15) is 9.59 Å². The summed E-state index contributed by atoms with van der Waals surface area (Å²) in [5.41, 5.74) is 0.527. The van der Waals surface area contributed by atoms with Gasteiger partial charge in [0.2, 0.25) is 0 Å². The van der Waals surface area contributed by atoms with Gasteiger partial charge in [-0.2, -0.15) is 5.26 Å². The second-order valence-corrected chi connectivity index (χ2v) is 4.68. The number of benzene rings is 1. The lowest BCUT2D eigenvalue weighted by Gasteiger charge is -2.13. The highest BCUT2D eigenvalue weighted by Crippen LogP contribution is 2.11. The van der Waals surface area contributed by atoms with Crippen molar-refractivity contribution in [2.24, 2.45) is 0 Å². The molecule has 1 aromatic carbocycles. The normalized spacial score (nSPS) is 11.2. The van der Waals surface area contributed by atoms with Gasteiger partial charge in [-0.1, -0.05) is 0 Å². The summed E-state index contributed by atoms with van der Waals surface area (Å²) in [5.74, 6) is -0.581. The molecule has 0 aromatic heterocycles. The van der Waals surface area contributed by atoms with Gasteiger partial charge in [-0.15, -0.1) is 0 Å². The zero-order valence-corrected chi connectivity index (χ0v) is 11.8. The van der Waals surface area contributed by atoms with Crippen LogP contribution in [0.3, 0.4) is 0 Å². The molecule has 112 valence electrons. The Bertz CT molecular complexity index is 519. The fraction of sp³-hybridized carbons (Fsp3) is 0.400. The van der Waals surface area contributed by atoms with Crippen molar-refractivity contribution in [1.29, 1.82) is 5.26 Å². The van der Waals surface area contributed by atoms with Crippen molar-refractivity contribution in [3.63, 3.8) is 0 Å². The van der Waals surface area contributed by atoms with Crippen molar-refractivity contribution >= 4 is 11.9 Å². The van der Waals surface area contributed by atoms with Crippen LogP contribution in [0.25, 0.3) is 0 Å². The Labute approximate surface area is 123 Å². The van der Waals surface area contributed by atoms with E-state index in [1.165, 1.54) is 0 Å². The summed E-state index contributed by atoms with van der Waals surface area (Å²) in [4.78, 5) is 22.0. The van der Waals surface area contributed by atoms with Crippen LogP contribution >= 0.6 is 0 Å².